The summed E-state index contributed by atoms with van der Waals surface area (Å²) in [7, 11) is 0. The largest absolute Gasteiger partial charge is 0.480 e. The topological polar surface area (TPSA) is 121 Å². The van der Waals surface area contributed by atoms with Crippen molar-refractivity contribution in [2.24, 2.45) is 11.5 Å². The lowest BCUT2D eigenvalue weighted by Crippen LogP contribution is -2.54. The van der Waals surface area contributed by atoms with E-state index in [0.29, 0.717) is 0 Å². The van der Waals surface area contributed by atoms with Gasteiger partial charge < -0.3 is 22.1 Å². The molecule has 0 unspecified atom stereocenters. The zero-order valence-electron chi connectivity index (χ0n) is 6.96. The molecule has 0 aliphatic heterocycles. The van der Waals surface area contributed by atoms with Gasteiger partial charge in [0.1, 0.15) is 0 Å². The highest BCUT2D eigenvalue weighted by atomic mass is 19.3. The number of carbonyl (C=O) groups is 1. The molecule has 0 aromatic rings. The number of aliphatic carboxylic acids is 1. The number of hydrogen-bond acceptors (Lipinski definition) is 3. The van der Waals surface area contributed by atoms with Gasteiger partial charge in [-0.15, -0.1) is 0 Å². The van der Waals surface area contributed by atoms with Crippen LogP contribution in [0.3, 0.4) is 0 Å². The minimum Gasteiger partial charge on any atom is -0.480 e. The van der Waals surface area contributed by atoms with E-state index in [-0.39, 0.29) is 24.9 Å². The fourth-order valence-corrected chi connectivity index (χ4v) is 0.704. The summed E-state index contributed by atoms with van der Waals surface area (Å²) in [6.45, 7) is 0.152. The molecule has 7 N–H and O–H groups in total. The Labute approximate surface area is 74.0 Å². The third kappa shape index (κ3) is 3.62. The van der Waals surface area contributed by atoms with Crippen molar-refractivity contribution in [2.45, 2.75) is 24.8 Å². The molecule has 13 heavy (non-hydrogen) atoms. The first-order valence-corrected chi connectivity index (χ1v) is 3.45. The second-order valence-electron chi connectivity index (χ2n) is 2.54. The van der Waals surface area contributed by atoms with Gasteiger partial charge in [-0.3, -0.25) is 0 Å². The van der Waals surface area contributed by atoms with E-state index in [0.717, 1.165) is 0 Å². The summed E-state index contributed by atoms with van der Waals surface area (Å²) in [6, 6.07) is 0. The molecule has 0 aromatic carbocycles. The highest BCUT2D eigenvalue weighted by molar-refractivity contribution is 5.79. The normalized spacial score (nSPS) is 14.8. The van der Waals surface area contributed by atoms with E-state index in [1.54, 1.807) is 0 Å². The molecule has 7 heteroatoms. The van der Waals surface area contributed by atoms with Crippen molar-refractivity contribution in [3.05, 3.63) is 0 Å². The van der Waals surface area contributed by atoms with Gasteiger partial charge in [0.15, 0.2) is 5.54 Å². The van der Waals surface area contributed by atoms with Crippen LogP contribution in [-0.2, 0) is 4.79 Å². The summed E-state index contributed by atoms with van der Waals surface area (Å²) in [5.74, 6) is -1.69. The Morgan fingerprint density at radius 2 is 2.00 bits per heavy atom. The Morgan fingerprint density at radius 1 is 1.54 bits per heavy atom. The Morgan fingerprint density at radius 3 is 2.23 bits per heavy atom. The van der Waals surface area contributed by atoms with E-state index in [4.69, 9.17) is 16.6 Å². The first-order chi connectivity index (χ1) is 5.45. The molecular formula is C6H14F2N2O3. The molecule has 0 amide bonds. The van der Waals surface area contributed by atoms with E-state index < -0.39 is 17.9 Å². The average molecular weight is 200 g/mol. The molecule has 0 bridgehead atoms. The molecular weight excluding hydrogens is 186 g/mol. The molecule has 5 nitrogen and oxygen atoms in total. The first kappa shape index (κ1) is 14.7. The fourth-order valence-electron chi connectivity index (χ4n) is 0.704. The lowest BCUT2D eigenvalue weighted by molar-refractivity contribution is -0.150. The summed E-state index contributed by atoms with van der Waals surface area (Å²) in [5.41, 5.74) is 7.56. The highest BCUT2D eigenvalue weighted by Crippen LogP contribution is 2.18. The van der Waals surface area contributed by atoms with Gasteiger partial charge >= 0.3 is 5.97 Å². The molecule has 0 spiro atoms. The standard InChI is InChI=1S/C6H12F2N2O2.H2O/c7-4(8)6(10,5(11)12)2-1-3-9;/h4H,1-3,9-10H2,(H,11,12);1H2/t6-;/m0./s1. The Hall–Kier alpha value is -0.790. The molecule has 0 saturated carbocycles. The molecule has 0 aliphatic carbocycles. The number of carboxylic acids is 1. The van der Waals surface area contributed by atoms with Gasteiger partial charge in [0.25, 0.3) is 6.43 Å². The zero-order chi connectivity index (χ0) is 9.78. The number of rotatable bonds is 5. The molecule has 0 aliphatic rings. The first-order valence-electron chi connectivity index (χ1n) is 3.45. The lowest BCUT2D eigenvalue weighted by Gasteiger charge is -2.22. The number of alkyl halides is 2. The lowest BCUT2D eigenvalue weighted by atomic mass is 9.95. The van der Waals surface area contributed by atoms with Crippen molar-refractivity contribution in [3.8, 4) is 0 Å². The maximum absolute atomic E-state index is 12.1. The fraction of sp³-hybridized carbons (Fsp3) is 0.833. The third-order valence-electron chi connectivity index (χ3n) is 1.58. The van der Waals surface area contributed by atoms with Crippen LogP contribution >= 0.6 is 0 Å². The van der Waals surface area contributed by atoms with Crippen molar-refractivity contribution >= 4 is 5.97 Å². The molecule has 0 heterocycles. The van der Waals surface area contributed by atoms with Crippen molar-refractivity contribution in [3.63, 3.8) is 0 Å². The van der Waals surface area contributed by atoms with Crippen LogP contribution in [0.4, 0.5) is 8.78 Å². The molecule has 0 radical (unpaired) electrons. The van der Waals surface area contributed by atoms with Crippen LogP contribution in [0.2, 0.25) is 0 Å². The van der Waals surface area contributed by atoms with E-state index in [1.165, 1.54) is 0 Å². The van der Waals surface area contributed by atoms with Gasteiger partial charge in [0, 0.05) is 0 Å². The molecule has 0 rings (SSSR count). The van der Waals surface area contributed by atoms with Crippen LogP contribution in [0.5, 0.6) is 0 Å². The second-order valence-corrected chi connectivity index (χ2v) is 2.54. The Kier molecular flexibility index (Phi) is 6.55. The van der Waals surface area contributed by atoms with Crippen LogP contribution in [0.15, 0.2) is 0 Å². The van der Waals surface area contributed by atoms with E-state index >= 15 is 0 Å². The number of carboxylic acid groups (broad SMARTS) is 1. The monoisotopic (exact) mass is 200 g/mol. The number of hydrogen-bond donors (Lipinski definition) is 3. The zero-order valence-corrected chi connectivity index (χ0v) is 6.96. The van der Waals surface area contributed by atoms with Gasteiger partial charge in [-0.1, -0.05) is 0 Å². The van der Waals surface area contributed by atoms with E-state index in [2.05, 4.69) is 0 Å². The van der Waals surface area contributed by atoms with Crippen LogP contribution in [0.25, 0.3) is 0 Å². The predicted octanol–water partition coefficient (Wildman–Crippen LogP) is -1.05. The summed E-state index contributed by atoms with van der Waals surface area (Å²) in [5, 5.41) is 8.38. The minimum atomic E-state index is -3.07. The predicted molar refractivity (Wildman–Crippen MR) is 42.5 cm³/mol. The van der Waals surface area contributed by atoms with Gasteiger partial charge in [0.2, 0.25) is 0 Å². The Balaban J connectivity index is 0. The van der Waals surface area contributed by atoms with Crippen LogP contribution < -0.4 is 11.5 Å². The molecule has 80 valence electrons. The SMILES string of the molecule is NCCC[C@@](N)(C(=O)O)C(F)F.O. The quantitative estimate of drug-likeness (QED) is 0.524. The third-order valence-corrected chi connectivity index (χ3v) is 1.58. The van der Waals surface area contributed by atoms with Crippen LogP contribution in [0, 0.1) is 0 Å². The summed E-state index contributed by atoms with van der Waals surface area (Å²) in [6.07, 6.45) is -3.20. The molecule has 0 aromatic heterocycles. The highest BCUT2D eigenvalue weighted by Gasteiger charge is 2.42. The van der Waals surface area contributed by atoms with Gasteiger partial charge in [-0.05, 0) is 19.4 Å². The summed E-state index contributed by atoms with van der Waals surface area (Å²) < 4.78 is 24.2. The second kappa shape index (κ2) is 5.79. The van der Waals surface area contributed by atoms with E-state index in [1.807, 2.05) is 0 Å². The van der Waals surface area contributed by atoms with Crippen molar-refractivity contribution in [1.82, 2.24) is 0 Å². The van der Waals surface area contributed by atoms with Gasteiger partial charge in [-0.2, -0.15) is 0 Å². The van der Waals surface area contributed by atoms with Crippen LogP contribution in [-0.4, -0.2) is 35.1 Å². The van der Waals surface area contributed by atoms with Gasteiger partial charge in [-0.25, -0.2) is 13.6 Å². The van der Waals surface area contributed by atoms with Gasteiger partial charge in [0.05, 0.1) is 0 Å². The van der Waals surface area contributed by atoms with Crippen molar-refractivity contribution < 1.29 is 24.2 Å². The minimum absolute atomic E-state index is 0. The van der Waals surface area contributed by atoms with Crippen LogP contribution in [0.1, 0.15) is 12.8 Å². The molecule has 0 saturated heterocycles. The molecule has 0 fully saturated rings. The molecule has 1 atom stereocenters. The smallest absolute Gasteiger partial charge is 0.329 e. The number of halogens is 2. The van der Waals surface area contributed by atoms with Crippen molar-refractivity contribution in [1.29, 1.82) is 0 Å². The van der Waals surface area contributed by atoms with Crippen molar-refractivity contribution in [2.75, 3.05) is 6.54 Å². The Bertz CT molecular complexity index is 168. The maximum Gasteiger partial charge on any atom is 0.329 e. The average Bonchev–Trinajstić information content (AvgIpc) is 1.99. The van der Waals surface area contributed by atoms with E-state index in [9.17, 15) is 13.6 Å². The maximum atomic E-state index is 12.1. The summed E-state index contributed by atoms with van der Waals surface area (Å²) in [4.78, 5) is 10.3. The number of nitrogens with two attached hydrogens (primary N) is 2. The summed E-state index contributed by atoms with van der Waals surface area (Å²) >= 11 is 0.